The van der Waals surface area contributed by atoms with Crippen LogP contribution in [-0.2, 0) is 4.74 Å². The van der Waals surface area contributed by atoms with Gasteiger partial charge >= 0.3 is 0 Å². The maximum Gasteiger partial charge on any atom is 0.0659 e. The van der Waals surface area contributed by atoms with Gasteiger partial charge in [-0.2, -0.15) is 0 Å². The third-order valence-electron chi connectivity index (χ3n) is 4.12. The smallest absolute Gasteiger partial charge is 0.0659 e. The van der Waals surface area contributed by atoms with Gasteiger partial charge in [-0.1, -0.05) is 6.92 Å². The van der Waals surface area contributed by atoms with Crippen molar-refractivity contribution in [2.45, 2.75) is 31.7 Å². The van der Waals surface area contributed by atoms with E-state index < -0.39 is 0 Å². The number of rotatable bonds is 7. The summed E-state index contributed by atoms with van der Waals surface area (Å²) in [6, 6.07) is 0. The molecule has 0 aromatic rings. The highest BCUT2D eigenvalue weighted by atomic mass is 16.5. The Balaban J connectivity index is 1.85. The summed E-state index contributed by atoms with van der Waals surface area (Å²) in [4.78, 5) is 0. The summed E-state index contributed by atoms with van der Waals surface area (Å²) in [5.74, 6) is 2.54. The van der Waals surface area contributed by atoms with Crippen LogP contribution in [-0.4, -0.2) is 32.3 Å². The van der Waals surface area contributed by atoms with E-state index in [0.717, 1.165) is 30.9 Å². The maximum atomic E-state index is 5.93. The molecule has 3 N–H and O–H groups in total. The molecule has 0 aliphatic heterocycles. The molecule has 2 fully saturated rings. The lowest BCUT2D eigenvalue weighted by molar-refractivity contribution is 0.0976. The van der Waals surface area contributed by atoms with E-state index in [2.05, 4.69) is 12.2 Å². The van der Waals surface area contributed by atoms with E-state index in [9.17, 15) is 0 Å². The Kier molecular flexibility index (Phi) is 3.33. The normalized spacial score (nSPS) is 33.8. The molecule has 0 amide bonds. The number of nitrogens with two attached hydrogens (primary N) is 1. The highest BCUT2D eigenvalue weighted by molar-refractivity contribution is 5.03. The lowest BCUT2D eigenvalue weighted by atomic mass is 9.94. The van der Waals surface area contributed by atoms with Gasteiger partial charge in [-0.05, 0) is 43.6 Å². The lowest BCUT2D eigenvalue weighted by Crippen LogP contribution is -2.57. The van der Waals surface area contributed by atoms with Crippen LogP contribution >= 0.6 is 0 Å². The first-order valence-corrected chi connectivity index (χ1v) is 6.16. The minimum absolute atomic E-state index is 0.0665. The first-order valence-electron chi connectivity index (χ1n) is 6.16. The minimum atomic E-state index is 0.0665. The van der Waals surface area contributed by atoms with Gasteiger partial charge in [0, 0.05) is 13.7 Å². The average molecular weight is 212 g/mol. The molecule has 2 aliphatic carbocycles. The Hall–Kier alpha value is -0.120. The van der Waals surface area contributed by atoms with E-state index in [1.165, 1.54) is 19.3 Å². The monoisotopic (exact) mass is 212 g/mol. The summed E-state index contributed by atoms with van der Waals surface area (Å²) >= 11 is 0. The fraction of sp³-hybridized carbons (Fsp3) is 1.00. The van der Waals surface area contributed by atoms with E-state index in [-0.39, 0.29) is 5.54 Å². The van der Waals surface area contributed by atoms with Gasteiger partial charge in [0.15, 0.2) is 0 Å². The van der Waals surface area contributed by atoms with Crippen LogP contribution < -0.4 is 11.1 Å². The second-order valence-electron chi connectivity index (χ2n) is 5.42. The Bertz CT molecular complexity index is 218. The lowest BCUT2D eigenvalue weighted by Gasteiger charge is -2.33. The fourth-order valence-corrected chi connectivity index (χ4v) is 2.52. The molecule has 0 saturated heterocycles. The first-order chi connectivity index (χ1) is 7.22. The Morgan fingerprint density at radius 1 is 1.47 bits per heavy atom. The summed E-state index contributed by atoms with van der Waals surface area (Å²) in [5.41, 5.74) is 6.00. The zero-order valence-corrected chi connectivity index (χ0v) is 9.96. The molecule has 0 radical (unpaired) electrons. The number of hydrogen-bond acceptors (Lipinski definition) is 3. The molecule has 3 nitrogen and oxygen atoms in total. The van der Waals surface area contributed by atoms with Gasteiger partial charge in [0.25, 0.3) is 0 Å². The highest BCUT2D eigenvalue weighted by Gasteiger charge is 2.45. The molecular formula is C12H24N2O. The van der Waals surface area contributed by atoms with Crippen molar-refractivity contribution in [2.24, 2.45) is 23.5 Å². The molecule has 88 valence electrons. The summed E-state index contributed by atoms with van der Waals surface area (Å²) in [6.07, 6.45) is 4.01. The van der Waals surface area contributed by atoms with Gasteiger partial charge < -0.3 is 15.8 Å². The van der Waals surface area contributed by atoms with Crippen molar-refractivity contribution in [1.82, 2.24) is 5.32 Å². The van der Waals surface area contributed by atoms with Gasteiger partial charge in [-0.3, -0.25) is 0 Å². The van der Waals surface area contributed by atoms with Crippen molar-refractivity contribution in [2.75, 3.05) is 26.8 Å². The minimum Gasteiger partial charge on any atom is -0.383 e. The number of methoxy groups -OCH3 is 1. The molecule has 0 aromatic carbocycles. The van der Waals surface area contributed by atoms with Gasteiger partial charge in [-0.15, -0.1) is 0 Å². The molecule has 0 bridgehead atoms. The average Bonchev–Trinajstić information content (AvgIpc) is 3.09. The molecule has 3 unspecified atom stereocenters. The molecule has 15 heavy (non-hydrogen) atoms. The van der Waals surface area contributed by atoms with Crippen LogP contribution in [0, 0.1) is 17.8 Å². The molecule has 3 atom stereocenters. The third kappa shape index (κ3) is 2.52. The van der Waals surface area contributed by atoms with E-state index in [0.29, 0.717) is 6.54 Å². The van der Waals surface area contributed by atoms with Crippen LogP contribution in [0.1, 0.15) is 26.2 Å². The summed E-state index contributed by atoms with van der Waals surface area (Å²) in [5, 5.41) is 3.69. The third-order valence-corrected chi connectivity index (χ3v) is 4.12. The zero-order valence-electron chi connectivity index (χ0n) is 9.96. The van der Waals surface area contributed by atoms with Crippen LogP contribution in [0.15, 0.2) is 0 Å². The number of nitrogens with one attached hydrogen (secondary N) is 1. The van der Waals surface area contributed by atoms with Crippen molar-refractivity contribution >= 4 is 0 Å². The maximum absolute atomic E-state index is 5.93. The van der Waals surface area contributed by atoms with Crippen LogP contribution in [0.4, 0.5) is 0 Å². The second-order valence-corrected chi connectivity index (χ2v) is 5.42. The van der Waals surface area contributed by atoms with Crippen molar-refractivity contribution in [3.63, 3.8) is 0 Å². The Morgan fingerprint density at radius 3 is 2.53 bits per heavy atom. The molecule has 2 aliphatic rings. The Morgan fingerprint density at radius 2 is 2.13 bits per heavy atom. The topological polar surface area (TPSA) is 47.3 Å². The molecule has 2 saturated carbocycles. The van der Waals surface area contributed by atoms with Crippen molar-refractivity contribution < 1.29 is 4.74 Å². The van der Waals surface area contributed by atoms with Crippen LogP contribution in [0.25, 0.3) is 0 Å². The quantitative estimate of drug-likeness (QED) is 0.661. The number of hydrogen-bond donors (Lipinski definition) is 2. The first kappa shape index (κ1) is 11.4. The predicted molar refractivity (Wildman–Crippen MR) is 61.7 cm³/mol. The Labute approximate surface area is 92.7 Å². The van der Waals surface area contributed by atoms with E-state index in [1.54, 1.807) is 7.11 Å². The fourth-order valence-electron chi connectivity index (χ4n) is 2.52. The van der Waals surface area contributed by atoms with E-state index in [4.69, 9.17) is 10.5 Å². The second kappa shape index (κ2) is 4.40. The van der Waals surface area contributed by atoms with E-state index in [1.807, 2.05) is 0 Å². The summed E-state index contributed by atoms with van der Waals surface area (Å²) in [6.45, 7) is 4.91. The van der Waals surface area contributed by atoms with Crippen LogP contribution in [0.2, 0.25) is 0 Å². The summed E-state index contributed by atoms with van der Waals surface area (Å²) < 4.78 is 5.34. The van der Waals surface area contributed by atoms with Gasteiger partial charge in [0.2, 0.25) is 0 Å². The SMILES string of the molecule is COCC(CN)(NCC1CC1C)C1CC1. The van der Waals surface area contributed by atoms with Gasteiger partial charge in [-0.25, -0.2) is 0 Å². The summed E-state index contributed by atoms with van der Waals surface area (Å²) in [7, 11) is 1.77. The standard InChI is InChI=1S/C12H24N2O/c1-9-5-10(9)6-14-12(7-13,8-15-2)11-3-4-11/h9-11,14H,3-8,13H2,1-2H3. The molecule has 0 spiro atoms. The molecule has 3 heteroatoms. The highest BCUT2D eigenvalue weighted by Crippen LogP contribution is 2.41. The molecule has 0 heterocycles. The van der Waals surface area contributed by atoms with Gasteiger partial charge in [0.05, 0.1) is 12.1 Å². The molecular weight excluding hydrogens is 188 g/mol. The largest absolute Gasteiger partial charge is 0.383 e. The van der Waals surface area contributed by atoms with E-state index >= 15 is 0 Å². The zero-order chi connectivity index (χ0) is 10.9. The molecule has 2 rings (SSSR count). The molecule has 0 aromatic heterocycles. The van der Waals surface area contributed by atoms with Crippen molar-refractivity contribution in [3.05, 3.63) is 0 Å². The van der Waals surface area contributed by atoms with Crippen molar-refractivity contribution in [3.8, 4) is 0 Å². The number of ether oxygens (including phenoxy) is 1. The van der Waals surface area contributed by atoms with Crippen molar-refractivity contribution in [1.29, 1.82) is 0 Å². The predicted octanol–water partition coefficient (Wildman–Crippen LogP) is 0.986. The van der Waals surface area contributed by atoms with Crippen LogP contribution in [0.5, 0.6) is 0 Å². The van der Waals surface area contributed by atoms with Crippen LogP contribution in [0.3, 0.4) is 0 Å². The van der Waals surface area contributed by atoms with Gasteiger partial charge in [0.1, 0.15) is 0 Å².